The van der Waals surface area contributed by atoms with Crippen molar-refractivity contribution in [2.45, 2.75) is 5.88 Å². The molecule has 0 unspecified atom stereocenters. The van der Waals surface area contributed by atoms with Gasteiger partial charge >= 0.3 is 0 Å². The lowest BCUT2D eigenvalue weighted by Crippen LogP contribution is -2.09. The number of hydrogen-bond donors (Lipinski definition) is 1. The molecule has 0 fully saturated rings. The van der Waals surface area contributed by atoms with Crippen molar-refractivity contribution in [3.63, 3.8) is 0 Å². The summed E-state index contributed by atoms with van der Waals surface area (Å²) in [6.45, 7) is 0. The number of alkyl halides is 1. The summed E-state index contributed by atoms with van der Waals surface area (Å²) in [7, 11) is 1.59. The lowest BCUT2D eigenvalue weighted by Gasteiger charge is -2.06. The summed E-state index contributed by atoms with van der Waals surface area (Å²) >= 11 is 9.08. The zero-order valence-corrected chi connectivity index (χ0v) is 11.9. The molecule has 1 N–H and O–H groups in total. The van der Waals surface area contributed by atoms with Gasteiger partial charge in [0.25, 0.3) is 5.56 Å². The molecule has 0 amide bonds. The van der Waals surface area contributed by atoms with Gasteiger partial charge in [-0.2, -0.15) is 0 Å². The third kappa shape index (κ3) is 2.73. The Labute approximate surface area is 117 Å². The quantitative estimate of drug-likeness (QED) is 0.881. The molecule has 0 spiro atoms. The maximum Gasteiger partial charge on any atom is 0.251 e. The molecule has 0 saturated heterocycles. The molecule has 0 aliphatic rings. The fourth-order valence-electron chi connectivity index (χ4n) is 1.53. The number of halogens is 2. The Morgan fingerprint density at radius 3 is 2.83 bits per heavy atom. The second kappa shape index (κ2) is 5.54. The molecule has 0 bridgehead atoms. The number of hydrogen-bond acceptors (Lipinski definition) is 3. The van der Waals surface area contributed by atoms with Crippen LogP contribution in [0.5, 0.6) is 5.75 Å². The van der Waals surface area contributed by atoms with Gasteiger partial charge in [0.15, 0.2) is 0 Å². The SMILES string of the molecule is COc1ccc(-c2nc(CCl)cc(=O)[nH]2)cc1Br. The van der Waals surface area contributed by atoms with E-state index >= 15 is 0 Å². The van der Waals surface area contributed by atoms with Crippen LogP contribution in [-0.2, 0) is 5.88 Å². The maximum absolute atomic E-state index is 11.5. The van der Waals surface area contributed by atoms with Gasteiger partial charge in [0.1, 0.15) is 11.6 Å². The first kappa shape index (κ1) is 13.1. The molecule has 18 heavy (non-hydrogen) atoms. The van der Waals surface area contributed by atoms with Crippen LogP contribution in [-0.4, -0.2) is 17.1 Å². The van der Waals surface area contributed by atoms with Crippen molar-refractivity contribution in [2.75, 3.05) is 7.11 Å². The van der Waals surface area contributed by atoms with Gasteiger partial charge in [-0.1, -0.05) is 0 Å². The number of ether oxygens (including phenoxy) is 1. The third-order valence-electron chi connectivity index (χ3n) is 2.36. The van der Waals surface area contributed by atoms with Gasteiger partial charge in [-0.25, -0.2) is 4.98 Å². The molecule has 0 atom stereocenters. The Balaban J connectivity index is 2.51. The van der Waals surface area contributed by atoms with Gasteiger partial charge in [0, 0.05) is 11.6 Å². The standard InChI is InChI=1S/C12H10BrClN2O2/c1-18-10-3-2-7(4-9(10)13)12-15-8(6-14)5-11(17)16-12/h2-5H,6H2,1H3,(H,15,16,17). The van der Waals surface area contributed by atoms with E-state index < -0.39 is 0 Å². The number of H-pyrrole nitrogens is 1. The smallest absolute Gasteiger partial charge is 0.251 e. The highest BCUT2D eigenvalue weighted by Crippen LogP contribution is 2.28. The van der Waals surface area contributed by atoms with E-state index in [1.807, 2.05) is 12.1 Å². The lowest BCUT2D eigenvalue weighted by atomic mass is 10.2. The van der Waals surface area contributed by atoms with Crippen LogP contribution in [0.2, 0.25) is 0 Å². The van der Waals surface area contributed by atoms with Gasteiger partial charge in [-0.15, -0.1) is 11.6 Å². The van der Waals surface area contributed by atoms with Gasteiger partial charge in [0.2, 0.25) is 0 Å². The molecule has 6 heteroatoms. The Kier molecular flexibility index (Phi) is 4.04. The molecule has 1 aromatic heterocycles. The van der Waals surface area contributed by atoms with E-state index in [2.05, 4.69) is 25.9 Å². The molecule has 0 aliphatic heterocycles. The van der Waals surface area contributed by atoms with Crippen LogP contribution >= 0.6 is 27.5 Å². The van der Waals surface area contributed by atoms with Crippen LogP contribution in [0.25, 0.3) is 11.4 Å². The number of methoxy groups -OCH3 is 1. The molecule has 0 aliphatic carbocycles. The zero-order valence-electron chi connectivity index (χ0n) is 9.54. The van der Waals surface area contributed by atoms with Crippen molar-refractivity contribution in [1.82, 2.24) is 9.97 Å². The Bertz CT molecular complexity index is 628. The second-order valence-electron chi connectivity index (χ2n) is 3.57. The van der Waals surface area contributed by atoms with Crippen molar-refractivity contribution >= 4 is 27.5 Å². The molecule has 94 valence electrons. The average molecular weight is 330 g/mol. The number of benzene rings is 1. The summed E-state index contributed by atoms with van der Waals surface area (Å²) in [5.74, 6) is 1.41. The fourth-order valence-corrected chi connectivity index (χ4v) is 2.20. The summed E-state index contributed by atoms with van der Waals surface area (Å²) in [6, 6.07) is 6.83. The first-order valence-electron chi connectivity index (χ1n) is 5.14. The predicted molar refractivity (Wildman–Crippen MR) is 74.1 cm³/mol. The van der Waals surface area contributed by atoms with Crippen LogP contribution in [0.1, 0.15) is 5.69 Å². The van der Waals surface area contributed by atoms with Crippen LogP contribution < -0.4 is 10.3 Å². The molecular weight excluding hydrogens is 320 g/mol. The molecule has 2 rings (SSSR count). The van der Waals surface area contributed by atoms with Crippen LogP contribution in [0, 0.1) is 0 Å². The van der Waals surface area contributed by atoms with Gasteiger partial charge in [-0.3, -0.25) is 4.79 Å². The lowest BCUT2D eigenvalue weighted by molar-refractivity contribution is 0.412. The van der Waals surface area contributed by atoms with E-state index in [1.54, 1.807) is 13.2 Å². The number of nitrogens with zero attached hydrogens (tertiary/aromatic N) is 1. The van der Waals surface area contributed by atoms with E-state index in [4.69, 9.17) is 16.3 Å². The highest BCUT2D eigenvalue weighted by molar-refractivity contribution is 9.10. The topological polar surface area (TPSA) is 55.0 Å². The minimum atomic E-state index is -0.220. The second-order valence-corrected chi connectivity index (χ2v) is 4.69. The van der Waals surface area contributed by atoms with E-state index in [9.17, 15) is 4.79 Å². The monoisotopic (exact) mass is 328 g/mol. The summed E-state index contributed by atoms with van der Waals surface area (Å²) in [5.41, 5.74) is 1.11. The zero-order chi connectivity index (χ0) is 13.1. The van der Waals surface area contributed by atoms with E-state index in [-0.39, 0.29) is 11.4 Å². The first-order chi connectivity index (χ1) is 8.63. The largest absolute Gasteiger partial charge is 0.496 e. The van der Waals surface area contributed by atoms with Crippen molar-refractivity contribution < 1.29 is 4.74 Å². The Morgan fingerprint density at radius 1 is 1.44 bits per heavy atom. The van der Waals surface area contributed by atoms with Crippen molar-refractivity contribution in [3.05, 3.63) is 44.8 Å². The molecule has 0 radical (unpaired) electrons. The average Bonchev–Trinajstić information content (AvgIpc) is 2.37. The minimum absolute atomic E-state index is 0.203. The number of rotatable bonds is 3. The predicted octanol–water partition coefficient (Wildman–Crippen LogP) is 2.95. The van der Waals surface area contributed by atoms with Crippen molar-refractivity contribution in [3.8, 4) is 17.1 Å². The van der Waals surface area contributed by atoms with Crippen LogP contribution in [0.15, 0.2) is 33.5 Å². The van der Waals surface area contributed by atoms with Crippen LogP contribution in [0.3, 0.4) is 0 Å². The first-order valence-corrected chi connectivity index (χ1v) is 6.47. The molecular formula is C12H10BrClN2O2. The summed E-state index contributed by atoms with van der Waals surface area (Å²) in [4.78, 5) is 18.4. The molecule has 4 nitrogen and oxygen atoms in total. The Morgan fingerprint density at radius 2 is 2.22 bits per heavy atom. The fraction of sp³-hybridized carbons (Fsp3) is 0.167. The molecule has 0 saturated carbocycles. The number of nitrogens with one attached hydrogen (secondary N) is 1. The molecule has 1 heterocycles. The summed E-state index contributed by atoms with van der Waals surface area (Å²) < 4.78 is 5.94. The number of aromatic amines is 1. The van der Waals surface area contributed by atoms with Gasteiger partial charge in [0.05, 0.1) is 23.2 Å². The molecule has 2 aromatic rings. The third-order valence-corrected chi connectivity index (χ3v) is 3.25. The summed E-state index contributed by atoms with van der Waals surface area (Å²) in [5, 5.41) is 0. The van der Waals surface area contributed by atoms with Gasteiger partial charge in [-0.05, 0) is 34.1 Å². The minimum Gasteiger partial charge on any atom is -0.496 e. The van der Waals surface area contributed by atoms with E-state index in [1.165, 1.54) is 6.07 Å². The highest BCUT2D eigenvalue weighted by Gasteiger charge is 2.07. The van der Waals surface area contributed by atoms with Crippen LogP contribution in [0.4, 0.5) is 0 Å². The molecule has 1 aromatic carbocycles. The van der Waals surface area contributed by atoms with E-state index in [0.29, 0.717) is 11.5 Å². The highest BCUT2D eigenvalue weighted by atomic mass is 79.9. The summed E-state index contributed by atoms with van der Waals surface area (Å²) in [6.07, 6.45) is 0. The Hall–Kier alpha value is -1.33. The number of aromatic nitrogens is 2. The van der Waals surface area contributed by atoms with E-state index in [0.717, 1.165) is 15.8 Å². The van der Waals surface area contributed by atoms with Crippen molar-refractivity contribution in [1.29, 1.82) is 0 Å². The van der Waals surface area contributed by atoms with Gasteiger partial charge < -0.3 is 9.72 Å². The van der Waals surface area contributed by atoms with Crippen molar-refractivity contribution in [2.24, 2.45) is 0 Å². The normalized spacial score (nSPS) is 10.4. The maximum atomic E-state index is 11.5.